The minimum atomic E-state index is -0.313. The smallest absolute Gasteiger partial charge is 0.154 e. The van der Waals surface area contributed by atoms with Crippen LogP contribution in [0.4, 0.5) is 14.5 Å². The zero-order valence-corrected chi connectivity index (χ0v) is 11.1. The van der Waals surface area contributed by atoms with E-state index in [1.165, 1.54) is 12.1 Å². The Kier molecular flexibility index (Phi) is 3.65. The Morgan fingerprint density at radius 3 is 2.30 bits per heavy atom. The van der Waals surface area contributed by atoms with Gasteiger partial charge in [-0.1, -0.05) is 24.3 Å². The maximum atomic E-state index is 14.7. The molecular formula is C16H16F2N2. The van der Waals surface area contributed by atoms with Gasteiger partial charge in [0.05, 0.1) is 5.69 Å². The SMILES string of the molecule is Fc1ccc(-c2cccc(N3CCNCC3)c2F)cc1. The lowest BCUT2D eigenvalue weighted by Crippen LogP contribution is -2.43. The van der Waals surface area contributed by atoms with Gasteiger partial charge in [0.15, 0.2) is 5.82 Å². The topological polar surface area (TPSA) is 15.3 Å². The molecule has 0 atom stereocenters. The van der Waals surface area contributed by atoms with Gasteiger partial charge in [-0.2, -0.15) is 0 Å². The van der Waals surface area contributed by atoms with Gasteiger partial charge < -0.3 is 10.2 Å². The van der Waals surface area contributed by atoms with Crippen LogP contribution in [0.2, 0.25) is 0 Å². The third-order valence-corrected chi connectivity index (χ3v) is 3.59. The van der Waals surface area contributed by atoms with Gasteiger partial charge in [-0.25, -0.2) is 8.78 Å². The van der Waals surface area contributed by atoms with Crippen LogP contribution in [0.5, 0.6) is 0 Å². The number of hydrogen-bond acceptors (Lipinski definition) is 2. The van der Waals surface area contributed by atoms with Crippen LogP contribution in [0.1, 0.15) is 0 Å². The highest BCUT2D eigenvalue weighted by Gasteiger charge is 2.17. The molecule has 0 bridgehead atoms. The zero-order valence-electron chi connectivity index (χ0n) is 11.1. The summed E-state index contributed by atoms with van der Waals surface area (Å²) in [5.74, 6) is -0.548. The summed E-state index contributed by atoms with van der Waals surface area (Å²) < 4.78 is 27.7. The van der Waals surface area contributed by atoms with Crippen molar-refractivity contribution in [2.45, 2.75) is 0 Å². The van der Waals surface area contributed by atoms with E-state index in [-0.39, 0.29) is 11.6 Å². The molecule has 4 heteroatoms. The molecule has 0 saturated carbocycles. The molecule has 1 fully saturated rings. The summed E-state index contributed by atoms with van der Waals surface area (Å²) in [4.78, 5) is 2.04. The van der Waals surface area contributed by atoms with Crippen molar-refractivity contribution in [3.05, 3.63) is 54.1 Å². The van der Waals surface area contributed by atoms with Crippen LogP contribution in [-0.4, -0.2) is 26.2 Å². The van der Waals surface area contributed by atoms with Crippen molar-refractivity contribution in [1.82, 2.24) is 5.32 Å². The predicted molar refractivity (Wildman–Crippen MR) is 76.9 cm³/mol. The molecule has 1 N–H and O–H groups in total. The van der Waals surface area contributed by atoms with Crippen molar-refractivity contribution >= 4 is 5.69 Å². The normalized spacial score (nSPS) is 15.4. The summed E-state index contributed by atoms with van der Waals surface area (Å²) in [6, 6.07) is 11.3. The lowest BCUT2D eigenvalue weighted by Gasteiger charge is -2.30. The molecule has 1 saturated heterocycles. The van der Waals surface area contributed by atoms with Crippen LogP contribution < -0.4 is 10.2 Å². The number of halogens is 2. The quantitative estimate of drug-likeness (QED) is 0.905. The van der Waals surface area contributed by atoms with Gasteiger partial charge in [0, 0.05) is 31.7 Å². The molecule has 0 radical (unpaired) electrons. The third-order valence-electron chi connectivity index (χ3n) is 3.59. The minimum Gasteiger partial charge on any atom is -0.367 e. The molecule has 0 aliphatic carbocycles. The van der Waals surface area contributed by atoms with E-state index in [0.29, 0.717) is 16.8 Å². The van der Waals surface area contributed by atoms with Crippen molar-refractivity contribution in [2.24, 2.45) is 0 Å². The molecule has 1 aliphatic rings. The van der Waals surface area contributed by atoms with Gasteiger partial charge in [0.2, 0.25) is 0 Å². The van der Waals surface area contributed by atoms with Crippen molar-refractivity contribution in [1.29, 1.82) is 0 Å². The molecule has 0 spiro atoms. The number of benzene rings is 2. The fourth-order valence-corrected chi connectivity index (χ4v) is 2.52. The van der Waals surface area contributed by atoms with E-state index in [9.17, 15) is 8.78 Å². The van der Waals surface area contributed by atoms with Crippen molar-refractivity contribution in [3.8, 4) is 11.1 Å². The Labute approximate surface area is 117 Å². The summed E-state index contributed by atoms with van der Waals surface area (Å²) >= 11 is 0. The molecule has 2 aromatic rings. The number of rotatable bonds is 2. The monoisotopic (exact) mass is 274 g/mol. The highest BCUT2D eigenvalue weighted by molar-refractivity contribution is 5.69. The molecule has 2 aromatic carbocycles. The zero-order chi connectivity index (χ0) is 13.9. The van der Waals surface area contributed by atoms with E-state index in [1.807, 2.05) is 11.0 Å². The number of anilines is 1. The second kappa shape index (κ2) is 5.59. The molecule has 20 heavy (non-hydrogen) atoms. The first kappa shape index (κ1) is 13.1. The first-order valence-corrected chi connectivity index (χ1v) is 6.76. The third kappa shape index (κ3) is 2.51. The Morgan fingerprint density at radius 1 is 0.900 bits per heavy atom. The van der Waals surface area contributed by atoms with Crippen LogP contribution in [0.15, 0.2) is 42.5 Å². The molecule has 2 nitrogen and oxygen atoms in total. The molecule has 0 aromatic heterocycles. The van der Waals surface area contributed by atoms with Crippen LogP contribution in [0, 0.1) is 11.6 Å². The van der Waals surface area contributed by atoms with Crippen molar-refractivity contribution < 1.29 is 8.78 Å². The van der Waals surface area contributed by atoms with Crippen LogP contribution in [0.3, 0.4) is 0 Å². The molecular weight excluding hydrogens is 258 g/mol. The van der Waals surface area contributed by atoms with Gasteiger partial charge in [-0.15, -0.1) is 0 Å². The minimum absolute atomic E-state index is 0.235. The lowest BCUT2D eigenvalue weighted by molar-refractivity contribution is 0.567. The van der Waals surface area contributed by atoms with E-state index in [0.717, 1.165) is 26.2 Å². The highest BCUT2D eigenvalue weighted by Crippen LogP contribution is 2.30. The van der Waals surface area contributed by atoms with E-state index < -0.39 is 0 Å². The number of piperazine rings is 1. The van der Waals surface area contributed by atoms with E-state index >= 15 is 0 Å². The van der Waals surface area contributed by atoms with Crippen molar-refractivity contribution in [3.63, 3.8) is 0 Å². The average Bonchev–Trinajstić information content (AvgIpc) is 2.49. The average molecular weight is 274 g/mol. The second-order valence-corrected chi connectivity index (χ2v) is 4.88. The number of hydrogen-bond donors (Lipinski definition) is 1. The second-order valence-electron chi connectivity index (χ2n) is 4.88. The summed E-state index contributed by atoms with van der Waals surface area (Å²) in [7, 11) is 0. The molecule has 1 aliphatic heterocycles. The van der Waals surface area contributed by atoms with Gasteiger partial charge >= 0.3 is 0 Å². The predicted octanol–water partition coefficient (Wildman–Crippen LogP) is 3.04. The maximum Gasteiger partial charge on any atom is 0.154 e. The largest absolute Gasteiger partial charge is 0.367 e. The molecule has 0 unspecified atom stereocenters. The number of nitrogens with one attached hydrogen (secondary N) is 1. The Morgan fingerprint density at radius 2 is 1.60 bits per heavy atom. The molecule has 0 amide bonds. The molecule has 1 heterocycles. The van der Waals surface area contributed by atoms with E-state index in [2.05, 4.69) is 5.32 Å². The first-order valence-electron chi connectivity index (χ1n) is 6.76. The standard InChI is InChI=1S/C16H16F2N2/c17-13-6-4-12(5-7-13)14-2-1-3-15(16(14)18)20-10-8-19-9-11-20/h1-7,19H,8-11H2. The van der Waals surface area contributed by atoms with E-state index in [1.54, 1.807) is 24.3 Å². The first-order chi connectivity index (χ1) is 9.75. The Balaban J connectivity index is 1.98. The van der Waals surface area contributed by atoms with Crippen LogP contribution >= 0.6 is 0 Å². The van der Waals surface area contributed by atoms with Gasteiger partial charge in [-0.3, -0.25) is 0 Å². The summed E-state index contributed by atoms with van der Waals surface area (Å²) in [6.45, 7) is 3.31. The Hall–Kier alpha value is -1.94. The highest BCUT2D eigenvalue weighted by atomic mass is 19.1. The summed E-state index contributed by atoms with van der Waals surface area (Å²) in [6.07, 6.45) is 0. The van der Waals surface area contributed by atoms with Crippen LogP contribution in [-0.2, 0) is 0 Å². The van der Waals surface area contributed by atoms with Crippen molar-refractivity contribution in [2.75, 3.05) is 31.1 Å². The molecule has 3 rings (SSSR count). The fraction of sp³-hybridized carbons (Fsp3) is 0.250. The van der Waals surface area contributed by atoms with Crippen LogP contribution in [0.25, 0.3) is 11.1 Å². The summed E-state index contributed by atoms with van der Waals surface area (Å²) in [5, 5.41) is 3.25. The van der Waals surface area contributed by atoms with Gasteiger partial charge in [0.25, 0.3) is 0 Å². The summed E-state index contributed by atoms with van der Waals surface area (Å²) in [5.41, 5.74) is 1.83. The fourth-order valence-electron chi connectivity index (χ4n) is 2.52. The number of nitrogens with zero attached hydrogens (tertiary/aromatic N) is 1. The lowest BCUT2D eigenvalue weighted by atomic mass is 10.0. The van der Waals surface area contributed by atoms with Gasteiger partial charge in [0.1, 0.15) is 5.82 Å². The van der Waals surface area contributed by atoms with E-state index in [4.69, 9.17) is 0 Å². The van der Waals surface area contributed by atoms with Gasteiger partial charge in [-0.05, 0) is 23.8 Å². The maximum absolute atomic E-state index is 14.7. The Bertz CT molecular complexity index is 590. The molecule has 104 valence electrons.